The monoisotopic (exact) mass is 918 g/mol. The number of rotatable bonds is 8. The number of aromatic nitrogens is 1. The molecule has 0 spiro atoms. The van der Waals surface area contributed by atoms with E-state index < -0.39 is 5.41 Å². The number of benzene rings is 11. The van der Waals surface area contributed by atoms with E-state index in [1.807, 2.05) is 0 Å². The smallest absolute Gasteiger partial charge is 0.0713 e. The van der Waals surface area contributed by atoms with Crippen LogP contribution < -0.4 is 4.90 Å². The van der Waals surface area contributed by atoms with Crippen molar-refractivity contribution in [2.45, 2.75) is 24.7 Å². The van der Waals surface area contributed by atoms with E-state index in [1.54, 1.807) is 0 Å². The first-order valence-electron chi connectivity index (χ1n) is 25.2. The van der Waals surface area contributed by atoms with E-state index in [2.05, 4.69) is 290 Å². The first kappa shape index (κ1) is 41.9. The first-order chi connectivity index (χ1) is 35.5. The summed E-state index contributed by atoms with van der Waals surface area (Å²) in [6.45, 7) is 4.74. The molecule has 1 heterocycles. The number of anilines is 3. The molecule has 0 N–H and O–H groups in total. The van der Waals surface area contributed by atoms with Gasteiger partial charge in [-0.15, -0.1) is 0 Å². The second-order valence-corrected chi connectivity index (χ2v) is 20.0. The maximum atomic E-state index is 2.45. The molecule has 14 rings (SSSR count). The van der Waals surface area contributed by atoms with Gasteiger partial charge in [-0.1, -0.05) is 220 Å². The van der Waals surface area contributed by atoms with Crippen LogP contribution in [0.25, 0.3) is 72.0 Å². The molecular formula is C70H50N2. The van der Waals surface area contributed by atoms with Gasteiger partial charge in [0, 0.05) is 38.9 Å². The van der Waals surface area contributed by atoms with Crippen molar-refractivity contribution in [2.24, 2.45) is 0 Å². The molecule has 0 amide bonds. The molecule has 2 aliphatic rings. The van der Waals surface area contributed by atoms with Gasteiger partial charge in [0.15, 0.2) is 0 Å². The quantitative estimate of drug-likeness (QED) is 0.147. The Balaban J connectivity index is 0.898. The fourth-order valence-corrected chi connectivity index (χ4v) is 12.6. The third-order valence-electron chi connectivity index (χ3n) is 15.9. The van der Waals surface area contributed by atoms with Crippen LogP contribution >= 0.6 is 0 Å². The van der Waals surface area contributed by atoms with Crippen molar-refractivity contribution in [3.05, 3.63) is 300 Å². The van der Waals surface area contributed by atoms with Crippen molar-refractivity contribution in [1.82, 2.24) is 4.57 Å². The highest BCUT2D eigenvalue weighted by atomic mass is 15.1. The summed E-state index contributed by atoms with van der Waals surface area (Å²) in [5, 5.41) is 2.54. The lowest BCUT2D eigenvalue weighted by Gasteiger charge is -2.34. The van der Waals surface area contributed by atoms with E-state index in [4.69, 9.17) is 0 Å². The van der Waals surface area contributed by atoms with Crippen LogP contribution in [0.4, 0.5) is 17.1 Å². The molecule has 340 valence electrons. The minimum Gasteiger partial charge on any atom is -0.310 e. The van der Waals surface area contributed by atoms with Crippen LogP contribution in [-0.2, 0) is 10.8 Å². The Bertz CT molecular complexity index is 3950. The highest BCUT2D eigenvalue weighted by molar-refractivity contribution is 6.09. The van der Waals surface area contributed by atoms with Crippen LogP contribution in [-0.4, -0.2) is 4.57 Å². The van der Waals surface area contributed by atoms with E-state index >= 15 is 0 Å². The van der Waals surface area contributed by atoms with Crippen LogP contribution in [0.1, 0.15) is 47.2 Å². The van der Waals surface area contributed by atoms with Crippen LogP contribution in [0.3, 0.4) is 0 Å². The van der Waals surface area contributed by atoms with Crippen LogP contribution in [0.2, 0.25) is 0 Å². The Morgan fingerprint density at radius 2 is 0.819 bits per heavy atom. The van der Waals surface area contributed by atoms with E-state index in [1.165, 1.54) is 99.7 Å². The number of hydrogen-bond donors (Lipinski definition) is 0. The Hall–Kier alpha value is -8.98. The Labute approximate surface area is 421 Å². The van der Waals surface area contributed by atoms with Gasteiger partial charge in [-0.05, 0) is 139 Å². The summed E-state index contributed by atoms with van der Waals surface area (Å²) in [5.74, 6) is 0. The van der Waals surface area contributed by atoms with Crippen LogP contribution in [0, 0.1) is 0 Å². The molecule has 0 bridgehead atoms. The van der Waals surface area contributed by atoms with Crippen molar-refractivity contribution < 1.29 is 0 Å². The molecule has 0 saturated heterocycles. The summed E-state index contributed by atoms with van der Waals surface area (Å²) in [6, 6.07) is 99.0. The molecule has 0 saturated carbocycles. The summed E-state index contributed by atoms with van der Waals surface area (Å²) < 4.78 is 2.38. The lowest BCUT2D eigenvalue weighted by molar-refractivity contribution is 0.660. The van der Waals surface area contributed by atoms with E-state index in [0.29, 0.717) is 0 Å². The Kier molecular flexibility index (Phi) is 9.50. The van der Waals surface area contributed by atoms with E-state index in [0.717, 1.165) is 22.7 Å². The number of fused-ring (bicyclic) bond motifs is 9. The molecular weight excluding hydrogens is 869 g/mol. The fourth-order valence-electron chi connectivity index (χ4n) is 12.6. The summed E-state index contributed by atoms with van der Waals surface area (Å²) in [7, 11) is 0. The minimum atomic E-state index is -0.476. The van der Waals surface area contributed by atoms with Crippen molar-refractivity contribution >= 4 is 38.9 Å². The van der Waals surface area contributed by atoms with Gasteiger partial charge in [-0.25, -0.2) is 0 Å². The zero-order valence-corrected chi connectivity index (χ0v) is 40.3. The molecule has 12 aromatic rings. The average molecular weight is 919 g/mol. The molecule has 2 nitrogen and oxygen atoms in total. The highest BCUT2D eigenvalue weighted by Crippen LogP contribution is 2.58. The predicted octanol–water partition coefficient (Wildman–Crippen LogP) is 18.3. The van der Waals surface area contributed by atoms with Gasteiger partial charge in [-0.2, -0.15) is 0 Å². The van der Waals surface area contributed by atoms with E-state index in [-0.39, 0.29) is 5.41 Å². The molecule has 0 aliphatic heterocycles. The molecule has 0 fully saturated rings. The second-order valence-electron chi connectivity index (χ2n) is 20.0. The molecule has 72 heavy (non-hydrogen) atoms. The number of hydrogen-bond acceptors (Lipinski definition) is 1. The second kappa shape index (κ2) is 16.3. The number of nitrogens with zero attached hydrogens (tertiary/aromatic N) is 2. The summed E-state index contributed by atoms with van der Waals surface area (Å²) >= 11 is 0. The Morgan fingerprint density at radius 1 is 0.319 bits per heavy atom. The topological polar surface area (TPSA) is 8.17 Å². The largest absolute Gasteiger partial charge is 0.310 e. The van der Waals surface area contributed by atoms with Crippen LogP contribution in [0.5, 0.6) is 0 Å². The predicted molar refractivity (Wildman–Crippen MR) is 301 cm³/mol. The molecule has 11 aromatic carbocycles. The zero-order chi connectivity index (χ0) is 48.0. The van der Waals surface area contributed by atoms with Gasteiger partial charge in [-0.3, -0.25) is 0 Å². The molecule has 1 aromatic heterocycles. The summed E-state index contributed by atoms with van der Waals surface area (Å²) in [6.07, 6.45) is 0. The molecule has 0 radical (unpaired) electrons. The molecule has 0 atom stereocenters. The van der Waals surface area contributed by atoms with Crippen LogP contribution in [0.15, 0.2) is 267 Å². The zero-order valence-electron chi connectivity index (χ0n) is 40.3. The van der Waals surface area contributed by atoms with Crippen molar-refractivity contribution in [3.8, 4) is 50.2 Å². The lowest BCUT2D eigenvalue weighted by atomic mass is 9.67. The van der Waals surface area contributed by atoms with E-state index in [9.17, 15) is 0 Å². The third-order valence-corrected chi connectivity index (χ3v) is 15.9. The summed E-state index contributed by atoms with van der Waals surface area (Å²) in [5.41, 5.74) is 24.1. The van der Waals surface area contributed by atoms with Gasteiger partial charge in [0.05, 0.1) is 16.4 Å². The standard InChI is InChI=1S/C70H50N2/c1-69(2)62-30-13-9-25-57(62)58-44-43-55(46-65(58)69)71(52-39-35-47(36-40-52)48-37-41-53(42-38-48)72-66-33-15-11-26-59(66)60-27-12-16-34-67(60)72)54-24-17-19-49(45-54)56-29-18-32-64-68(56)61-28-10-14-31-63(61)70(64,50-20-5-3-6-21-50)51-22-7-4-8-23-51/h3-46H,1-2H3. The molecule has 0 unspecified atom stereocenters. The van der Waals surface area contributed by atoms with Gasteiger partial charge in [0.25, 0.3) is 0 Å². The maximum absolute atomic E-state index is 2.45. The van der Waals surface area contributed by atoms with Crippen molar-refractivity contribution in [1.29, 1.82) is 0 Å². The maximum Gasteiger partial charge on any atom is 0.0713 e. The summed E-state index contributed by atoms with van der Waals surface area (Å²) in [4.78, 5) is 2.45. The molecule has 2 heteroatoms. The third kappa shape index (κ3) is 6.22. The highest BCUT2D eigenvalue weighted by Gasteiger charge is 2.47. The minimum absolute atomic E-state index is 0.146. The van der Waals surface area contributed by atoms with Crippen molar-refractivity contribution in [2.75, 3.05) is 4.90 Å². The normalized spacial score (nSPS) is 13.6. The van der Waals surface area contributed by atoms with Gasteiger partial charge in [0.1, 0.15) is 0 Å². The van der Waals surface area contributed by atoms with Gasteiger partial charge in [0.2, 0.25) is 0 Å². The first-order valence-corrected chi connectivity index (χ1v) is 25.2. The Morgan fingerprint density at radius 3 is 1.50 bits per heavy atom. The number of para-hydroxylation sites is 2. The van der Waals surface area contributed by atoms with Gasteiger partial charge < -0.3 is 9.47 Å². The SMILES string of the molecule is CC1(C)c2ccccc2-c2ccc(N(c3ccc(-c4ccc(-n5c6ccccc6c6ccccc65)cc4)cc3)c3cccc(-c4cccc5c4-c4ccccc4C5(c4ccccc4)c4ccccc4)c3)cc21. The average Bonchev–Trinajstić information content (AvgIpc) is 4.03. The lowest BCUT2D eigenvalue weighted by Crippen LogP contribution is -2.28. The van der Waals surface area contributed by atoms with Crippen molar-refractivity contribution in [3.63, 3.8) is 0 Å². The fraction of sp³-hybridized carbons (Fsp3) is 0.0571. The molecule has 2 aliphatic carbocycles. The van der Waals surface area contributed by atoms with Gasteiger partial charge >= 0.3 is 0 Å².